The summed E-state index contributed by atoms with van der Waals surface area (Å²) in [6.07, 6.45) is 13.3. The molecule has 8 nitrogen and oxygen atoms in total. The van der Waals surface area contributed by atoms with Crippen molar-refractivity contribution < 1.29 is 4.79 Å². The Hall–Kier alpha value is -2.52. The fourth-order valence-corrected chi connectivity index (χ4v) is 5.15. The molecule has 0 spiro atoms. The second-order valence-electron chi connectivity index (χ2n) is 8.21. The maximum Gasteiger partial charge on any atom is 0.267 e. The van der Waals surface area contributed by atoms with Crippen molar-refractivity contribution in [3.05, 3.63) is 36.0 Å². The summed E-state index contributed by atoms with van der Waals surface area (Å²) in [6, 6.07) is 1.85. The van der Waals surface area contributed by atoms with E-state index in [4.69, 9.17) is 4.99 Å². The van der Waals surface area contributed by atoms with Crippen LogP contribution in [0.5, 0.6) is 0 Å². The highest BCUT2D eigenvalue weighted by atomic mass is 32.2. The first-order valence-electron chi connectivity index (χ1n) is 11.2. The van der Waals surface area contributed by atoms with Gasteiger partial charge < -0.3 is 4.90 Å². The predicted octanol–water partition coefficient (Wildman–Crippen LogP) is 3.42. The van der Waals surface area contributed by atoms with Crippen molar-refractivity contribution >= 4 is 29.2 Å². The molecular weight excluding hydrogens is 410 g/mol. The van der Waals surface area contributed by atoms with Gasteiger partial charge in [0.05, 0.1) is 16.1 Å². The second kappa shape index (κ2) is 9.32. The van der Waals surface area contributed by atoms with Gasteiger partial charge in [-0.25, -0.2) is 25.0 Å². The quantitative estimate of drug-likeness (QED) is 0.770. The molecule has 2 saturated heterocycles. The topological polar surface area (TPSA) is 86.6 Å². The molecular formula is C22H27N7OS. The number of fused-ring (bicyclic) bond motifs is 2. The first-order chi connectivity index (χ1) is 15.3. The van der Waals surface area contributed by atoms with Crippen molar-refractivity contribution in [3.8, 4) is 0 Å². The molecule has 9 heteroatoms. The molecule has 2 fully saturated rings. The van der Waals surface area contributed by atoms with Gasteiger partial charge in [0.25, 0.3) is 5.91 Å². The standard InChI is InChI=1S/C22H27N7OS/c30-21(27-29-10-6-1-2-7-11-29)16-12-17-22(24-13-16)31-18-14-23-15-25-19(18)20(26-17)28-8-4-3-5-9-28/h12-15H,1-11H2,(H,27,30). The van der Waals surface area contributed by atoms with Crippen molar-refractivity contribution in [1.82, 2.24) is 30.3 Å². The lowest BCUT2D eigenvalue weighted by molar-refractivity contribution is 0.0794. The molecule has 3 aliphatic rings. The Morgan fingerprint density at radius 3 is 2.48 bits per heavy atom. The third-order valence-corrected chi connectivity index (χ3v) is 6.97. The molecule has 0 aromatic carbocycles. The molecule has 5 rings (SSSR count). The maximum absolute atomic E-state index is 12.9. The number of hydrogen-bond acceptors (Lipinski definition) is 8. The summed E-state index contributed by atoms with van der Waals surface area (Å²) in [5, 5.41) is 2.80. The van der Waals surface area contributed by atoms with Crippen LogP contribution in [0.3, 0.4) is 0 Å². The highest BCUT2D eigenvalue weighted by Crippen LogP contribution is 2.39. The molecule has 2 aromatic heterocycles. The molecule has 0 radical (unpaired) electrons. The highest BCUT2D eigenvalue weighted by molar-refractivity contribution is 7.99. The fraction of sp³-hybridized carbons (Fsp3) is 0.500. The van der Waals surface area contributed by atoms with Crippen molar-refractivity contribution in [3.63, 3.8) is 0 Å². The number of nitrogens with one attached hydrogen (secondary N) is 1. The van der Waals surface area contributed by atoms with Crippen LogP contribution in [0.25, 0.3) is 0 Å². The van der Waals surface area contributed by atoms with Crippen molar-refractivity contribution in [2.75, 3.05) is 26.2 Å². The number of pyridine rings is 1. The van der Waals surface area contributed by atoms with Gasteiger partial charge in [-0.1, -0.05) is 24.6 Å². The van der Waals surface area contributed by atoms with Crippen LogP contribution in [-0.2, 0) is 0 Å². The number of amides is 1. The fourth-order valence-electron chi connectivity index (χ4n) is 4.27. The number of aromatic nitrogens is 3. The van der Waals surface area contributed by atoms with Gasteiger partial charge in [0.2, 0.25) is 0 Å². The van der Waals surface area contributed by atoms with Crippen LogP contribution in [0.15, 0.2) is 39.7 Å². The summed E-state index contributed by atoms with van der Waals surface area (Å²) in [4.78, 5) is 34.5. The van der Waals surface area contributed by atoms with Gasteiger partial charge in [-0.15, -0.1) is 0 Å². The van der Waals surface area contributed by atoms with Crippen LogP contribution in [0.4, 0.5) is 5.69 Å². The van der Waals surface area contributed by atoms with E-state index in [0.717, 1.165) is 73.3 Å². The average molecular weight is 438 g/mol. The van der Waals surface area contributed by atoms with Gasteiger partial charge in [-0.2, -0.15) is 0 Å². The lowest BCUT2D eigenvalue weighted by Crippen LogP contribution is -2.42. The number of aliphatic imine (C=N–C) groups is 1. The zero-order valence-corrected chi connectivity index (χ0v) is 18.4. The first-order valence-corrected chi connectivity index (χ1v) is 12.0. The minimum atomic E-state index is -0.126. The van der Waals surface area contributed by atoms with Gasteiger partial charge in [-0.3, -0.25) is 10.2 Å². The molecule has 1 amide bonds. The number of piperidine rings is 1. The van der Waals surface area contributed by atoms with Crippen molar-refractivity contribution in [1.29, 1.82) is 0 Å². The van der Waals surface area contributed by atoms with E-state index in [1.807, 2.05) is 17.3 Å². The van der Waals surface area contributed by atoms with E-state index >= 15 is 0 Å². The summed E-state index contributed by atoms with van der Waals surface area (Å²) in [6.45, 7) is 3.71. The molecule has 0 unspecified atom stereocenters. The molecule has 5 heterocycles. The summed E-state index contributed by atoms with van der Waals surface area (Å²) < 4.78 is 0. The van der Waals surface area contributed by atoms with Gasteiger partial charge in [-0.05, 0) is 38.2 Å². The number of likely N-dealkylation sites (tertiary alicyclic amines) is 1. The van der Waals surface area contributed by atoms with E-state index in [0.29, 0.717) is 11.3 Å². The Morgan fingerprint density at radius 2 is 1.68 bits per heavy atom. The Kier molecular flexibility index (Phi) is 6.13. The molecule has 2 aromatic rings. The zero-order chi connectivity index (χ0) is 21.0. The highest BCUT2D eigenvalue weighted by Gasteiger charge is 2.26. The third kappa shape index (κ3) is 4.57. The predicted molar refractivity (Wildman–Crippen MR) is 120 cm³/mol. The van der Waals surface area contributed by atoms with Crippen LogP contribution in [0, 0.1) is 0 Å². The Balaban J connectivity index is 1.46. The summed E-state index contributed by atoms with van der Waals surface area (Å²) in [7, 11) is 0. The van der Waals surface area contributed by atoms with E-state index in [9.17, 15) is 4.79 Å². The minimum absolute atomic E-state index is 0.126. The van der Waals surface area contributed by atoms with Crippen LogP contribution < -0.4 is 5.43 Å². The Morgan fingerprint density at radius 1 is 0.935 bits per heavy atom. The second-order valence-corrected chi connectivity index (χ2v) is 9.24. The smallest absolute Gasteiger partial charge is 0.267 e. The Bertz CT molecular complexity index is 982. The maximum atomic E-state index is 12.9. The lowest BCUT2D eigenvalue weighted by Gasteiger charge is -2.29. The van der Waals surface area contributed by atoms with E-state index in [1.165, 1.54) is 31.0 Å². The molecule has 31 heavy (non-hydrogen) atoms. The molecule has 0 bridgehead atoms. The van der Waals surface area contributed by atoms with Gasteiger partial charge in [0, 0.05) is 38.6 Å². The van der Waals surface area contributed by atoms with E-state index in [2.05, 4.69) is 25.3 Å². The summed E-state index contributed by atoms with van der Waals surface area (Å²) in [5.41, 5.74) is 5.14. The summed E-state index contributed by atoms with van der Waals surface area (Å²) >= 11 is 1.51. The van der Waals surface area contributed by atoms with Gasteiger partial charge in [0.1, 0.15) is 17.0 Å². The third-order valence-electron chi connectivity index (χ3n) is 5.94. The molecule has 162 valence electrons. The number of hydrazine groups is 1. The van der Waals surface area contributed by atoms with E-state index < -0.39 is 0 Å². The van der Waals surface area contributed by atoms with Crippen LogP contribution in [-0.4, -0.2) is 62.8 Å². The largest absolute Gasteiger partial charge is 0.355 e. The van der Waals surface area contributed by atoms with Crippen molar-refractivity contribution in [2.45, 2.75) is 54.9 Å². The number of hydrogen-bond donors (Lipinski definition) is 1. The van der Waals surface area contributed by atoms with Crippen molar-refractivity contribution in [2.24, 2.45) is 4.99 Å². The summed E-state index contributed by atoms with van der Waals surface area (Å²) in [5.74, 6) is 0.730. The first kappa shape index (κ1) is 20.4. The molecule has 0 atom stereocenters. The van der Waals surface area contributed by atoms with Crippen LogP contribution >= 0.6 is 11.8 Å². The molecule has 1 N–H and O–H groups in total. The molecule has 0 aliphatic carbocycles. The molecule has 3 aliphatic heterocycles. The monoisotopic (exact) mass is 437 g/mol. The lowest BCUT2D eigenvalue weighted by atomic mass is 10.1. The molecule has 0 saturated carbocycles. The SMILES string of the molecule is O=C(NN1CCCCCC1)c1cnc2c(c1)N=C(N1CCCCC1)c1ncncc1S2. The number of nitrogens with zero attached hydrogens (tertiary/aromatic N) is 6. The van der Waals surface area contributed by atoms with Crippen LogP contribution in [0.2, 0.25) is 0 Å². The van der Waals surface area contributed by atoms with Crippen LogP contribution in [0.1, 0.15) is 61.0 Å². The number of amidine groups is 1. The minimum Gasteiger partial charge on any atom is -0.355 e. The van der Waals surface area contributed by atoms with Gasteiger partial charge >= 0.3 is 0 Å². The Labute approximate surface area is 186 Å². The van der Waals surface area contributed by atoms with E-state index in [1.54, 1.807) is 12.5 Å². The zero-order valence-electron chi connectivity index (χ0n) is 17.6. The van der Waals surface area contributed by atoms with Gasteiger partial charge in [0.15, 0.2) is 5.84 Å². The van der Waals surface area contributed by atoms with E-state index in [-0.39, 0.29) is 5.91 Å². The number of carbonyl (C=O) groups excluding carboxylic acids is 1. The number of carbonyl (C=O) groups is 1. The average Bonchev–Trinajstić information content (AvgIpc) is 3.16. The number of rotatable bonds is 2. The normalized spacial score (nSPS) is 19.5.